The number of aryl methyl sites for hydroxylation is 1. The molecule has 0 N–H and O–H groups in total. The van der Waals surface area contributed by atoms with Crippen molar-refractivity contribution in [1.29, 1.82) is 0 Å². The molecule has 2 aromatic carbocycles. The predicted octanol–water partition coefficient (Wildman–Crippen LogP) is 4.06. The monoisotopic (exact) mass is 674 g/mol. The van der Waals surface area contributed by atoms with E-state index in [1.165, 1.54) is 4.90 Å². The van der Waals surface area contributed by atoms with Gasteiger partial charge in [0.2, 0.25) is 5.91 Å². The van der Waals surface area contributed by atoms with Gasteiger partial charge in [-0.1, -0.05) is 18.2 Å². The number of likely N-dealkylation sites (tertiary alicyclic amines) is 1. The quantitative estimate of drug-likeness (QED) is 0.351. The predicted molar refractivity (Wildman–Crippen MR) is 140 cm³/mol. The first-order valence-corrected chi connectivity index (χ1v) is 16.7. The number of hydrogen-bond acceptors (Lipinski definition) is 6. The highest BCUT2D eigenvalue weighted by Crippen LogP contribution is 2.56. The number of nitrogens with zero attached hydrogens (tertiary/aromatic N) is 2. The summed E-state index contributed by atoms with van der Waals surface area (Å²) >= 11 is 0. The molecule has 0 unspecified atom stereocenters. The van der Waals surface area contributed by atoms with Gasteiger partial charge in [0.05, 0.1) is 29.0 Å². The third kappa shape index (κ3) is 5.07. The van der Waals surface area contributed by atoms with Gasteiger partial charge in [-0.2, -0.15) is 26.3 Å². The molecule has 7 nitrogen and oxygen atoms in total. The van der Waals surface area contributed by atoms with Crippen LogP contribution in [0.3, 0.4) is 0 Å². The van der Waals surface area contributed by atoms with Gasteiger partial charge in [-0.3, -0.25) is 9.69 Å². The summed E-state index contributed by atoms with van der Waals surface area (Å²) in [5.74, 6) is -1.65. The maximum atomic E-state index is 14.9. The van der Waals surface area contributed by atoms with Crippen LogP contribution >= 0.6 is 0 Å². The molecule has 2 aliphatic heterocycles. The molecule has 0 aromatic heterocycles. The van der Waals surface area contributed by atoms with Crippen LogP contribution in [0.4, 0.5) is 35.1 Å². The Labute approximate surface area is 247 Å². The van der Waals surface area contributed by atoms with Crippen molar-refractivity contribution in [3.05, 3.63) is 65.0 Å². The molecule has 3 aliphatic rings. The van der Waals surface area contributed by atoms with Gasteiger partial charge in [0, 0.05) is 25.2 Å². The van der Waals surface area contributed by atoms with Crippen molar-refractivity contribution in [2.75, 3.05) is 37.7 Å². The Bertz CT molecular complexity index is 1650. The van der Waals surface area contributed by atoms with Crippen molar-refractivity contribution >= 4 is 25.6 Å². The summed E-state index contributed by atoms with van der Waals surface area (Å²) in [5.41, 5.74) is -7.91. The average molecular weight is 675 g/mol. The Kier molecular flexibility index (Phi) is 7.89. The zero-order valence-corrected chi connectivity index (χ0v) is 24.4. The van der Waals surface area contributed by atoms with E-state index in [4.69, 9.17) is 0 Å². The molecule has 1 amide bonds. The van der Waals surface area contributed by atoms with Crippen LogP contribution in [0.1, 0.15) is 29.5 Å². The van der Waals surface area contributed by atoms with Crippen molar-refractivity contribution in [2.24, 2.45) is 0 Å². The van der Waals surface area contributed by atoms with Gasteiger partial charge in [0.15, 0.2) is 19.7 Å². The lowest BCUT2D eigenvalue weighted by Gasteiger charge is -2.43. The molecule has 0 spiro atoms. The van der Waals surface area contributed by atoms with E-state index in [1.54, 1.807) is 4.90 Å². The minimum atomic E-state index is -6.38. The van der Waals surface area contributed by atoms with Gasteiger partial charge in [-0.05, 0) is 54.7 Å². The molecule has 17 heteroatoms. The van der Waals surface area contributed by atoms with E-state index in [1.807, 2.05) is 0 Å². The van der Waals surface area contributed by atoms with Crippen molar-refractivity contribution in [3.8, 4) is 0 Å². The van der Waals surface area contributed by atoms with Crippen LogP contribution in [0.25, 0.3) is 0 Å². The molecule has 2 fully saturated rings. The maximum absolute atomic E-state index is 14.9. The zero-order valence-electron chi connectivity index (χ0n) is 22.8. The average Bonchev–Trinajstić information content (AvgIpc) is 3.34. The molecule has 242 valence electrons. The van der Waals surface area contributed by atoms with E-state index in [-0.39, 0.29) is 79.0 Å². The molecular formula is C27H26F8N2O5S2. The molecule has 44 heavy (non-hydrogen) atoms. The highest BCUT2D eigenvalue weighted by atomic mass is 32.2. The lowest BCUT2D eigenvalue weighted by atomic mass is 9.76. The Morgan fingerprint density at radius 2 is 1.50 bits per heavy atom. The first-order chi connectivity index (χ1) is 20.2. The number of amides is 1. The Balaban J connectivity index is 1.60. The molecule has 2 aromatic rings. The molecule has 2 saturated heterocycles. The SMILES string of the molecule is O=C(CN1CCS(=O)(=O)CC1)N1CC[C@@]2(S(=O)(=O)c3ccc(F)cc3)c3ccc(C(F)(C(F)(F)F)C(F)(F)F)cc3CC[C@@H]12. The highest BCUT2D eigenvalue weighted by molar-refractivity contribution is 7.92. The van der Waals surface area contributed by atoms with E-state index < -0.39 is 65.8 Å². The first-order valence-electron chi connectivity index (χ1n) is 13.4. The molecule has 2 heterocycles. The summed E-state index contributed by atoms with van der Waals surface area (Å²) < 4.78 is 160. The Morgan fingerprint density at radius 1 is 0.909 bits per heavy atom. The van der Waals surface area contributed by atoms with Crippen molar-refractivity contribution in [1.82, 2.24) is 9.80 Å². The van der Waals surface area contributed by atoms with E-state index in [0.29, 0.717) is 6.07 Å². The van der Waals surface area contributed by atoms with Gasteiger partial charge in [0.25, 0.3) is 0 Å². The number of carbonyl (C=O) groups is 1. The lowest BCUT2D eigenvalue weighted by molar-refractivity contribution is -0.348. The molecule has 0 saturated carbocycles. The summed E-state index contributed by atoms with van der Waals surface area (Å²) in [5, 5.41) is 0. The fourth-order valence-electron chi connectivity index (χ4n) is 6.54. The highest BCUT2D eigenvalue weighted by Gasteiger charge is 2.73. The normalized spacial score (nSPS) is 24.5. The van der Waals surface area contributed by atoms with E-state index in [2.05, 4.69) is 0 Å². The third-order valence-corrected chi connectivity index (χ3v) is 12.9. The van der Waals surface area contributed by atoms with Crippen molar-refractivity contribution in [3.63, 3.8) is 0 Å². The van der Waals surface area contributed by atoms with E-state index in [0.717, 1.165) is 30.3 Å². The fraction of sp³-hybridized carbons (Fsp3) is 0.519. The minimum Gasteiger partial charge on any atom is -0.337 e. The van der Waals surface area contributed by atoms with Gasteiger partial charge in [0.1, 0.15) is 10.6 Å². The zero-order chi connectivity index (χ0) is 32.5. The third-order valence-electron chi connectivity index (χ3n) is 8.79. The number of sulfone groups is 2. The standard InChI is InChI=1S/C27H26F8N2O5S2/c28-19-3-5-20(6-4-19)44(41,42)24-9-10-37(23(38)16-36-11-13-43(39,40)14-12-36)22(24)8-1-17-15-18(2-7-21(17)24)25(29,26(30,31)32)27(33,34)35/h2-7,15,22H,1,8-14,16H2/t22-,24-/m1/s1. The van der Waals surface area contributed by atoms with Crippen molar-refractivity contribution < 1.29 is 56.8 Å². The maximum Gasteiger partial charge on any atom is 0.435 e. The van der Waals surface area contributed by atoms with Crippen LogP contribution in [0.5, 0.6) is 0 Å². The van der Waals surface area contributed by atoms with E-state index in [9.17, 15) is 56.8 Å². The molecule has 5 rings (SSSR count). The number of alkyl halides is 7. The smallest absolute Gasteiger partial charge is 0.337 e. The molecule has 0 bridgehead atoms. The summed E-state index contributed by atoms with van der Waals surface area (Å²) in [7, 11) is -7.86. The largest absolute Gasteiger partial charge is 0.435 e. The van der Waals surface area contributed by atoms with Gasteiger partial charge < -0.3 is 4.90 Å². The number of fused-ring (bicyclic) bond motifs is 3. The van der Waals surface area contributed by atoms with Crippen LogP contribution < -0.4 is 0 Å². The number of rotatable bonds is 5. The number of carbonyl (C=O) groups excluding carboxylic acids is 1. The number of halogens is 8. The topological polar surface area (TPSA) is 91.8 Å². The van der Waals surface area contributed by atoms with Crippen LogP contribution in [-0.2, 0) is 41.3 Å². The summed E-state index contributed by atoms with van der Waals surface area (Å²) in [4.78, 5) is 16.0. The van der Waals surface area contributed by atoms with Gasteiger partial charge in [-0.25, -0.2) is 25.6 Å². The summed E-state index contributed by atoms with van der Waals surface area (Å²) in [6.07, 6.45) is -13.5. The van der Waals surface area contributed by atoms with E-state index >= 15 is 0 Å². The van der Waals surface area contributed by atoms with Crippen LogP contribution in [0.2, 0.25) is 0 Å². The van der Waals surface area contributed by atoms with Gasteiger partial charge in [-0.15, -0.1) is 0 Å². The molecule has 1 aliphatic carbocycles. The first kappa shape index (κ1) is 32.6. The second kappa shape index (κ2) is 10.6. The second-order valence-corrected chi connectivity index (χ2v) is 15.7. The summed E-state index contributed by atoms with van der Waals surface area (Å²) in [6.45, 7) is -0.261. The van der Waals surface area contributed by atoms with Crippen LogP contribution in [-0.4, -0.2) is 88.6 Å². The second-order valence-electron chi connectivity index (χ2n) is 11.2. The fourth-order valence-corrected chi connectivity index (χ4v) is 10.2. The Morgan fingerprint density at radius 3 is 2.07 bits per heavy atom. The summed E-state index contributed by atoms with van der Waals surface area (Å²) in [6, 6.07) is 3.95. The van der Waals surface area contributed by atoms with Crippen molar-refractivity contribution in [2.45, 2.75) is 53.0 Å². The van der Waals surface area contributed by atoms with Gasteiger partial charge >= 0.3 is 18.0 Å². The molecule has 2 atom stereocenters. The van der Waals surface area contributed by atoms with Crippen LogP contribution in [0, 0.1) is 5.82 Å². The Hall–Kier alpha value is -2.79. The molecular weight excluding hydrogens is 648 g/mol. The lowest BCUT2D eigenvalue weighted by Crippen LogP contribution is -2.54. The minimum absolute atomic E-state index is 0.0700. The number of benzene rings is 2. The molecule has 0 radical (unpaired) electrons. The number of hydrogen-bond donors (Lipinski definition) is 0. The van der Waals surface area contributed by atoms with Crippen LogP contribution in [0.15, 0.2) is 47.4 Å².